The Morgan fingerprint density at radius 3 is 2.00 bits per heavy atom. The molecule has 6 heteroatoms. The van der Waals surface area contributed by atoms with Crippen molar-refractivity contribution in [1.29, 1.82) is 0 Å². The Balaban J connectivity index is 0. The van der Waals surface area contributed by atoms with Crippen molar-refractivity contribution in [3.05, 3.63) is 0 Å². The molecular formula is C4H9ClF3NO. The smallest absolute Gasteiger partial charge is 0.382 e. The van der Waals surface area contributed by atoms with Gasteiger partial charge in [0, 0.05) is 6.54 Å². The first kappa shape index (κ1) is 12.7. The van der Waals surface area contributed by atoms with Crippen molar-refractivity contribution in [2.75, 3.05) is 13.6 Å². The molecule has 0 amide bonds. The van der Waals surface area contributed by atoms with E-state index in [0.717, 1.165) is 0 Å². The van der Waals surface area contributed by atoms with Crippen molar-refractivity contribution in [3.63, 3.8) is 0 Å². The van der Waals surface area contributed by atoms with Gasteiger partial charge in [0.25, 0.3) is 0 Å². The number of hydrogen-bond donors (Lipinski definition) is 2. The lowest BCUT2D eigenvalue weighted by Gasteiger charge is -2.12. The SMILES string of the molecule is CNC[C@@H](O)C(F)(F)F.Cl. The van der Waals surface area contributed by atoms with Crippen molar-refractivity contribution in [2.45, 2.75) is 12.3 Å². The summed E-state index contributed by atoms with van der Waals surface area (Å²) < 4.78 is 34.0. The van der Waals surface area contributed by atoms with Gasteiger partial charge >= 0.3 is 6.18 Å². The maximum atomic E-state index is 11.3. The van der Waals surface area contributed by atoms with Crippen LogP contribution < -0.4 is 5.32 Å². The molecule has 0 aliphatic rings. The van der Waals surface area contributed by atoms with Crippen LogP contribution in [0.4, 0.5) is 13.2 Å². The van der Waals surface area contributed by atoms with Crippen LogP contribution in [0.2, 0.25) is 0 Å². The van der Waals surface area contributed by atoms with E-state index in [0.29, 0.717) is 0 Å². The molecule has 0 rings (SSSR count). The molecule has 0 spiro atoms. The second kappa shape index (κ2) is 4.76. The predicted octanol–water partition coefficient (Wildman–Crippen LogP) is 0.551. The van der Waals surface area contributed by atoms with Crippen LogP contribution in [0.15, 0.2) is 0 Å². The first-order valence-corrected chi connectivity index (χ1v) is 2.38. The first-order chi connectivity index (χ1) is 3.98. The van der Waals surface area contributed by atoms with Gasteiger partial charge in [0.1, 0.15) is 0 Å². The van der Waals surface area contributed by atoms with E-state index in [4.69, 9.17) is 5.11 Å². The minimum absolute atomic E-state index is 0. The number of alkyl halides is 3. The summed E-state index contributed by atoms with van der Waals surface area (Å²) >= 11 is 0. The zero-order valence-electron chi connectivity index (χ0n) is 5.27. The van der Waals surface area contributed by atoms with Crippen LogP contribution in [-0.2, 0) is 0 Å². The van der Waals surface area contributed by atoms with Crippen LogP contribution in [0.3, 0.4) is 0 Å². The van der Waals surface area contributed by atoms with E-state index in [1.54, 1.807) is 0 Å². The Bertz CT molecular complexity index is 87.1. The molecule has 0 unspecified atom stereocenters. The average Bonchev–Trinajstić information content (AvgIpc) is 1.64. The number of nitrogens with one attached hydrogen (secondary N) is 1. The zero-order valence-corrected chi connectivity index (χ0v) is 6.09. The standard InChI is InChI=1S/C4H8F3NO.ClH/c1-8-2-3(9)4(5,6)7;/h3,8-9H,2H2,1H3;1H/t3-;/m1./s1. The molecule has 0 saturated heterocycles. The topological polar surface area (TPSA) is 32.3 Å². The Labute approximate surface area is 62.8 Å². The Morgan fingerprint density at radius 2 is 1.90 bits per heavy atom. The maximum absolute atomic E-state index is 11.3. The molecule has 0 aliphatic heterocycles. The number of aliphatic hydroxyl groups excluding tert-OH is 1. The van der Waals surface area contributed by atoms with Gasteiger partial charge in [-0.1, -0.05) is 0 Å². The van der Waals surface area contributed by atoms with Gasteiger partial charge in [-0.25, -0.2) is 0 Å². The molecule has 0 aliphatic carbocycles. The normalized spacial score (nSPS) is 14.1. The molecule has 0 saturated carbocycles. The molecule has 0 radical (unpaired) electrons. The fourth-order valence-electron chi connectivity index (χ4n) is 0.309. The van der Waals surface area contributed by atoms with Crippen LogP contribution in [0.25, 0.3) is 0 Å². The van der Waals surface area contributed by atoms with E-state index in [1.807, 2.05) is 0 Å². The van der Waals surface area contributed by atoms with E-state index >= 15 is 0 Å². The predicted molar refractivity (Wildman–Crippen MR) is 33.2 cm³/mol. The van der Waals surface area contributed by atoms with Gasteiger partial charge < -0.3 is 10.4 Å². The average molecular weight is 180 g/mol. The number of aliphatic hydroxyl groups is 1. The lowest BCUT2D eigenvalue weighted by molar-refractivity contribution is -0.201. The summed E-state index contributed by atoms with van der Waals surface area (Å²) in [6.45, 7) is -0.455. The summed E-state index contributed by atoms with van der Waals surface area (Å²) in [5, 5.41) is 10.4. The molecule has 64 valence electrons. The van der Waals surface area contributed by atoms with E-state index in [9.17, 15) is 13.2 Å². The van der Waals surface area contributed by atoms with E-state index in [-0.39, 0.29) is 12.4 Å². The highest BCUT2D eigenvalue weighted by Gasteiger charge is 2.37. The van der Waals surface area contributed by atoms with Crippen molar-refractivity contribution < 1.29 is 18.3 Å². The van der Waals surface area contributed by atoms with E-state index in [1.165, 1.54) is 7.05 Å². The molecule has 2 nitrogen and oxygen atoms in total. The zero-order chi connectivity index (χ0) is 7.49. The molecule has 10 heavy (non-hydrogen) atoms. The van der Waals surface area contributed by atoms with Crippen molar-refractivity contribution in [2.24, 2.45) is 0 Å². The summed E-state index contributed by atoms with van der Waals surface area (Å²) in [4.78, 5) is 0. The largest absolute Gasteiger partial charge is 0.415 e. The van der Waals surface area contributed by atoms with Crippen LogP contribution in [0.5, 0.6) is 0 Å². The lowest BCUT2D eigenvalue weighted by atomic mass is 10.3. The highest BCUT2D eigenvalue weighted by molar-refractivity contribution is 5.85. The molecule has 0 aromatic carbocycles. The van der Waals surface area contributed by atoms with Gasteiger partial charge in [0.15, 0.2) is 6.10 Å². The van der Waals surface area contributed by atoms with Gasteiger partial charge in [-0.05, 0) is 7.05 Å². The Morgan fingerprint density at radius 1 is 1.50 bits per heavy atom. The van der Waals surface area contributed by atoms with Gasteiger partial charge in [-0.2, -0.15) is 13.2 Å². The lowest BCUT2D eigenvalue weighted by Crippen LogP contribution is -2.36. The van der Waals surface area contributed by atoms with Crippen LogP contribution in [-0.4, -0.2) is 31.0 Å². The number of rotatable bonds is 2. The van der Waals surface area contributed by atoms with Gasteiger partial charge in [0.2, 0.25) is 0 Å². The summed E-state index contributed by atoms with van der Waals surface area (Å²) in [5.74, 6) is 0. The van der Waals surface area contributed by atoms with Gasteiger partial charge in [-0.15, -0.1) is 12.4 Å². The van der Waals surface area contributed by atoms with Gasteiger partial charge in [-0.3, -0.25) is 0 Å². The third kappa shape index (κ3) is 4.84. The second-order valence-corrected chi connectivity index (χ2v) is 1.62. The van der Waals surface area contributed by atoms with E-state index in [2.05, 4.69) is 5.32 Å². The highest BCUT2D eigenvalue weighted by Crippen LogP contribution is 2.18. The molecule has 0 aromatic rings. The van der Waals surface area contributed by atoms with Crippen molar-refractivity contribution in [3.8, 4) is 0 Å². The van der Waals surface area contributed by atoms with Crippen molar-refractivity contribution in [1.82, 2.24) is 5.32 Å². The van der Waals surface area contributed by atoms with Crippen LogP contribution >= 0.6 is 12.4 Å². The molecule has 0 aromatic heterocycles. The van der Waals surface area contributed by atoms with E-state index < -0.39 is 18.8 Å². The minimum atomic E-state index is -4.50. The quantitative estimate of drug-likeness (QED) is 0.649. The summed E-state index contributed by atoms with van der Waals surface area (Å²) in [5.41, 5.74) is 0. The summed E-state index contributed by atoms with van der Waals surface area (Å²) in [6.07, 6.45) is -6.74. The van der Waals surface area contributed by atoms with Gasteiger partial charge in [0.05, 0.1) is 0 Å². The molecule has 0 bridgehead atoms. The molecule has 2 N–H and O–H groups in total. The molecule has 1 atom stereocenters. The third-order valence-corrected chi connectivity index (χ3v) is 0.775. The summed E-state index contributed by atoms with van der Waals surface area (Å²) in [7, 11) is 1.34. The highest BCUT2D eigenvalue weighted by atomic mass is 35.5. The molecular weight excluding hydrogens is 170 g/mol. The minimum Gasteiger partial charge on any atom is -0.382 e. The first-order valence-electron chi connectivity index (χ1n) is 2.38. The Hall–Kier alpha value is -0.0000000000000000555. The van der Waals surface area contributed by atoms with Crippen molar-refractivity contribution >= 4 is 12.4 Å². The number of likely N-dealkylation sites (N-methyl/N-ethyl adjacent to an activating group) is 1. The summed E-state index contributed by atoms with van der Waals surface area (Å²) in [6, 6.07) is 0. The maximum Gasteiger partial charge on any atom is 0.415 e. The molecule has 0 heterocycles. The molecule has 0 fully saturated rings. The number of hydrogen-bond acceptors (Lipinski definition) is 2. The number of halogens is 4. The third-order valence-electron chi connectivity index (χ3n) is 0.775. The second-order valence-electron chi connectivity index (χ2n) is 1.62. The fourth-order valence-corrected chi connectivity index (χ4v) is 0.309. The fraction of sp³-hybridized carbons (Fsp3) is 1.00. The van der Waals surface area contributed by atoms with Crippen LogP contribution in [0.1, 0.15) is 0 Å². The Kier molecular flexibility index (Phi) is 6.02. The van der Waals surface area contributed by atoms with Crippen LogP contribution in [0, 0.1) is 0 Å². The monoisotopic (exact) mass is 179 g/mol.